The molecule has 2 aromatic carbocycles. The van der Waals surface area contributed by atoms with E-state index in [1.54, 1.807) is 24.5 Å². The van der Waals surface area contributed by atoms with Gasteiger partial charge in [-0.05, 0) is 43.7 Å². The molecular formula is C28H34N2O5S. The summed E-state index contributed by atoms with van der Waals surface area (Å²) in [7, 11) is -0.282. The SMILES string of the molecule is C=CCN1CC[C@]23c4c5c(O)cc(OC)c4O[C@H]2[C@@H](N(C)S(=O)(=O)Cc2ccccc2)CC[C@H]3[C@H]1C5. The van der Waals surface area contributed by atoms with Gasteiger partial charge in [0, 0.05) is 42.2 Å². The number of methoxy groups -OCH3 is 1. The Bertz CT molecular complexity index is 1300. The van der Waals surface area contributed by atoms with Crippen molar-refractivity contribution < 1.29 is 23.0 Å². The third-order valence-electron chi connectivity index (χ3n) is 9.17. The first-order valence-electron chi connectivity index (χ1n) is 12.8. The van der Waals surface area contributed by atoms with Gasteiger partial charge in [-0.15, -0.1) is 6.58 Å². The molecule has 2 fully saturated rings. The van der Waals surface area contributed by atoms with Crippen molar-refractivity contribution in [1.29, 1.82) is 0 Å². The molecule has 5 atom stereocenters. The number of likely N-dealkylation sites (N-methyl/N-ethyl adjacent to an activating group) is 1. The summed E-state index contributed by atoms with van der Waals surface area (Å²) >= 11 is 0. The van der Waals surface area contributed by atoms with Crippen LogP contribution in [0.15, 0.2) is 49.1 Å². The van der Waals surface area contributed by atoms with Crippen molar-refractivity contribution in [3.8, 4) is 17.2 Å². The number of sulfonamides is 1. The van der Waals surface area contributed by atoms with Gasteiger partial charge in [0.1, 0.15) is 11.9 Å². The molecule has 0 aromatic heterocycles. The number of aromatic hydroxyl groups is 1. The van der Waals surface area contributed by atoms with Gasteiger partial charge < -0.3 is 14.6 Å². The molecule has 2 aromatic rings. The number of phenolic OH excluding ortho intramolecular Hbond substituents is 1. The zero-order valence-electron chi connectivity index (χ0n) is 20.9. The molecule has 192 valence electrons. The Morgan fingerprint density at radius 3 is 2.81 bits per heavy atom. The van der Waals surface area contributed by atoms with Gasteiger partial charge in [-0.25, -0.2) is 8.42 Å². The number of nitrogens with zero attached hydrogens (tertiary/aromatic N) is 2. The Hall–Kier alpha value is -2.55. The van der Waals surface area contributed by atoms with Crippen molar-refractivity contribution >= 4 is 10.0 Å². The summed E-state index contributed by atoms with van der Waals surface area (Å²) in [6, 6.07) is 10.9. The Morgan fingerprint density at radius 2 is 2.08 bits per heavy atom. The number of ether oxygens (including phenoxy) is 2. The van der Waals surface area contributed by atoms with Gasteiger partial charge in [0.05, 0.1) is 18.9 Å². The number of hydrogen-bond donors (Lipinski definition) is 1. The molecule has 2 bridgehead atoms. The van der Waals surface area contributed by atoms with Gasteiger partial charge >= 0.3 is 0 Å². The van der Waals surface area contributed by atoms with Gasteiger partial charge in [-0.2, -0.15) is 4.31 Å². The van der Waals surface area contributed by atoms with Crippen LogP contribution in [-0.4, -0.2) is 68.2 Å². The first-order chi connectivity index (χ1) is 17.3. The molecule has 1 spiro atoms. The predicted octanol–water partition coefficient (Wildman–Crippen LogP) is 3.46. The van der Waals surface area contributed by atoms with Crippen molar-refractivity contribution in [3.05, 3.63) is 65.7 Å². The number of phenols is 1. The highest BCUT2D eigenvalue weighted by Crippen LogP contribution is 2.65. The number of benzene rings is 2. The van der Waals surface area contributed by atoms with Crippen LogP contribution in [0.3, 0.4) is 0 Å². The van der Waals surface area contributed by atoms with Crippen LogP contribution < -0.4 is 9.47 Å². The van der Waals surface area contributed by atoms with Gasteiger partial charge in [0.2, 0.25) is 10.0 Å². The first kappa shape index (κ1) is 23.8. The zero-order valence-corrected chi connectivity index (χ0v) is 21.7. The summed E-state index contributed by atoms with van der Waals surface area (Å²) in [5.41, 5.74) is 2.41. The molecule has 0 radical (unpaired) electrons. The maximum absolute atomic E-state index is 13.6. The van der Waals surface area contributed by atoms with Crippen LogP contribution in [0.2, 0.25) is 0 Å². The molecule has 2 heterocycles. The standard InChI is InChI=1S/C28H34N2O5S/c1-4-13-30-14-12-28-20-10-11-21(29(2)36(32,33)17-18-8-6-5-7-9-18)27(28)35-26-24(34-3)16-23(31)19(25(26)28)15-22(20)30/h4-9,16,20-22,27,31H,1,10-15,17H2,2-3H3/t20-,21-,22+,27-,28-/m0/s1. The highest BCUT2D eigenvalue weighted by atomic mass is 32.2. The summed E-state index contributed by atoms with van der Waals surface area (Å²) < 4.78 is 41.2. The fourth-order valence-electron chi connectivity index (χ4n) is 7.66. The van der Waals surface area contributed by atoms with Crippen molar-refractivity contribution in [2.75, 3.05) is 27.2 Å². The van der Waals surface area contributed by atoms with E-state index in [4.69, 9.17) is 9.47 Å². The molecule has 0 amide bonds. The van der Waals surface area contributed by atoms with Crippen molar-refractivity contribution in [2.45, 2.75) is 55.0 Å². The minimum atomic E-state index is -3.57. The maximum Gasteiger partial charge on any atom is 0.218 e. The molecule has 1 saturated heterocycles. The maximum atomic E-state index is 13.6. The van der Waals surface area contributed by atoms with E-state index in [9.17, 15) is 13.5 Å². The third-order valence-corrected chi connectivity index (χ3v) is 11.0. The van der Waals surface area contributed by atoms with Crippen LogP contribution in [0, 0.1) is 5.92 Å². The molecule has 4 aliphatic rings. The van der Waals surface area contributed by atoms with Gasteiger partial charge in [0.25, 0.3) is 0 Å². The normalized spacial score (nSPS) is 30.5. The Balaban J connectivity index is 1.44. The summed E-state index contributed by atoms with van der Waals surface area (Å²) in [4.78, 5) is 2.47. The zero-order chi connectivity index (χ0) is 25.2. The van der Waals surface area contributed by atoms with E-state index < -0.39 is 10.0 Å². The number of piperidine rings is 1. The smallest absolute Gasteiger partial charge is 0.218 e. The molecule has 0 unspecified atom stereocenters. The molecule has 1 N–H and O–H groups in total. The fraction of sp³-hybridized carbons (Fsp3) is 0.500. The van der Waals surface area contributed by atoms with Crippen LogP contribution >= 0.6 is 0 Å². The van der Waals surface area contributed by atoms with E-state index in [-0.39, 0.29) is 35.1 Å². The van der Waals surface area contributed by atoms with E-state index >= 15 is 0 Å². The van der Waals surface area contributed by atoms with Crippen LogP contribution in [0.5, 0.6) is 17.2 Å². The molecule has 2 aliphatic heterocycles. The molecule has 8 heteroatoms. The van der Waals surface area contributed by atoms with Crippen LogP contribution in [0.4, 0.5) is 0 Å². The highest BCUT2D eigenvalue weighted by molar-refractivity contribution is 7.88. The van der Waals surface area contributed by atoms with Crippen LogP contribution in [-0.2, 0) is 27.6 Å². The third kappa shape index (κ3) is 3.27. The van der Waals surface area contributed by atoms with E-state index in [2.05, 4.69) is 11.5 Å². The van der Waals surface area contributed by atoms with E-state index in [1.807, 2.05) is 36.4 Å². The molecule has 7 nitrogen and oxygen atoms in total. The first-order valence-corrected chi connectivity index (χ1v) is 14.4. The quantitative estimate of drug-likeness (QED) is 0.575. The molecule has 6 rings (SSSR count). The fourth-order valence-corrected chi connectivity index (χ4v) is 9.11. The lowest BCUT2D eigenvalue weighted by Crippen LogP contribution is -2.68. The lowest BCUT2D eigenvalue weighted by molar-refractivity contribution is -0.0715. The van der Waals surface area contributed by atoms with Gasteiger partial charge in [0.15, 0.2) is 11.5 Å². The molecular weight excluding hydrogens is 476 g/mol. The second-order valence-corrected chi connectivity index (χ2v) is 12.7. The second-order valence-electron chi connectivity index (χ2n) is 10.7. The summed E-state index contributed by atoms with van der Waals surface area (Å²) in [6.45, 7) is 5.65. The predicted molar refractivity (Wildman–Crippen MR) is 138 cm³/mol. The van der Waals surface area contributed by atoms with Crippen molar-refractivity contribution in [3.63, 3.8) is 0 Å². The largest absolute Gasteiger partial charge is 0.508 e. The van der Waals surface area contributed by atoms with Gasteiger partial charge in [-0.3, -0.25) is 4.90 Å². The Labute approximate surface area is 213 Å². The second kappa shape index (κ2) is 8.50. The summed E-state index contributed by atoms with van der Waals surface area (Å²) in [5, 5.41) is 11.1. The number of rotatable bonds is 7. The highest BCUT2D eigenvalue weighted by Gasteiger charge is 2.67. The lowest BCUT2D eigenvalue weighted by Gasteiger charge is -2.60. The number of likely N-dealkylation sites (tertiary alicyclic amines) is 1. The van der Waals surface area contributed by atoms with Crippen molar-refractivity contribution in [1.82, 2.24) is 9.21 Å². The minimum absolute atomic E-state index is 0.0396. The van der Waals surface area contributed by atoms with E-state index in [0.717, 1.165) is 55.5 Å². The Morgan fingerprint density at radius 1 is 1.31 bits per heavy atom. The minimum Gasteiger partial charge on any atom is -0.508 e. The van der Waals surface area contributed by atoms with E-state index in [0.29, 0.717) is 17.4 Å². The Kier molecular flexibility index (Phi) is 5.63. The molecule has 1 saturated carbocycles. The average molecular weight is 511 g/mol. The van der Waals surface area contributed by atoms with Crippen LogP contribution in [0.1, 0.15) is 36.0 Å². The molecule has 36 heavy (non-hydrogen) atoms. The lowest BCUT2D eigenvalue weighted by atomic mass is 9.51. The van der Waals surface area contributed by atoms with E-state index in [1.165, 1.54) is 0 Å². The molecule has 2 aliphatic carbocycles. The van der Waals surface area contributed by atoms with Crippen molar-refractivity contribution in [2.24, 2.45) is 5.92 Å². The topological polar surface area (TPSA) is 79.3 Å². The monoisotopic (exact) mass is 510 g/mol. The van der Waals surface area contributed by atoms with Crippen LogP contribution in [0.25, 0.3) is 0 Å². The summed E-state index contributed by atoms with van der Waals surface area (Å²) in [6.07, 6.45) is 4.86. The summed E-state index contributed by atoms with van der Waals surface area (Å²) in [5.74, 6) is 1.73. The number of hydrogen-bond acceptors (Lipinski definition) is 6. The average Bonchev–Trinajstić information content (AvgIpc) is 3.21. The van der Waals surface area contributed by atoms with Gasteiger partial charge in [-0.1, -0.05) is 36.4 Å².